The summed E-state index contributed by atoms with van der Waals surface area (Å²) < 4.78 is 6.40. The first-order valence-electron chi connectivity index (χ1n) is 20.5. The molecule has 0 bridgehead atoms. The number of aromatic nitrogens is 2. The topological polar surface area (TPSA) is 236 Å². The maximum Gasteiger partial charge on any atom is 0.244 e. The molecule has 16 heteroatoms. The van der Waals surface area contributed by atoms with Gasteiger partial charge in [-0.25, -0.2) is 9.97 Å². The number of hydrogen-bond acceptors (Lipinski definition) is 11. The van der Waals surface area contributed by atoms with Crippen LogP contribution in [0.15, 0.2) is 12.4 Å². The number of unbranched alkanes of at least 4 members (excludes halogenated alkanes) is 3. The number of carbonyl (C=O) groups excluding carboxylic acids is 5. The van der Waals surface area contributed by atoms with Crippen LogP contribution in [0.5, 0.6) is 0 Å². The van der Waals surface area contributed by atoms with Crippen LogP contribution in [0.4, 0.5) is 5.82 Å². The molecule has 1 aromatic rings. The Bertz CT molecular complexity index is 1380. The van der Waals surface area contributed by atoms with Crippen molar-refractivity contribution >= 4 is 35.4 Å². The molecule has 7 atom stereocenters. The molecule has 310 valence electrons. The minimum atomic E-state index is -1.20. The Hall–Kier alpha value is -3.89. The molecular formula is C39H68N10O6. The minimum Gasteiger partial charge on any atom is -0.375 e. The first-order valence-corrected chi connectivity index (χ1v) is 20.5. The summed E-state index contributed by atoms with van der Waals surface area (Å²) >= 11 is 0. The number of rotatable bonds is 13. The number of hydrogen-bond donors (Lipinski definition) is 7. The van der Waals surface area contributed by atoms with E-state index in [1.807, 2.05) is 13.8 Å². The fourth-order valence-electron chi connectivity index (χ4n) is 7.39. The second-order valence-electron chi connectivity index (χ2n) is 15.2. The zero-order valence-electron chi connectivity index (χ0n) is 33.7. The molecule has 1 aliphatic heterocycles. The summed E-state index contributed by atoms with van der Waals surface area (Å²) in [6.45, 7) is 7.68. The molecule has 16 nitrogen and oxygen atoms in total. The molecule has 0 radical (unpaired) electrons. The second kappa shape index (κ2) is 23.9. The van der Waals surface area contributed by atoms with Crippen molar-refractivity contribution in [2.24, 2.45) is 23.3 Å². The van der Waals surface area contributed by atoms with Gasteiger partial charge in [0.15, 0.2) is 0 Å². The van der Waals surface area contributed by atoms with E-state index >= 15 is 0 Å². The average Bonchev–Trinajstić information content (AvgIpc) is 3.47. The maximum atomic E-state index is 14.2. The predicted octanol–water partition coefficient (Wildman–Crippen LogP) is 1.87. The summed E-state index contributed by atoms with van der Waals surface area (Å²) in [6, 6.07) is -2.95. The summed E-state index contributed by atoms with van der Waals surface area (Å²) in [7, 11) is 1.64. The number of nitrogens with two attached hydrogens (primary N) is 2. The van der Waals surface area contributed by atoms with Gasteiger partial charge in [-0.2, -0.15) is 0 Å². The van der Waals surface area contributed by atoms with Crippen molar-refractivity contribution in [1.82, 2.24) is 36.1 Å². The number of nitrogens with one attached hydrogen (secondary N) is 5. The molecule has 1 saturated heterocycles. The van der Waals surface area contributed by atoms with Gasteiger partial charge in [0.25, 0.3) is 0 Å². The fraction of sp³-hybridized carbons (Fsp3) is 0.769. The molecule has 1 aromatic heterocycles. The molecule has 1 aliphatic carbocycles. The molecule has 2 fully saturated rings. The second-order valence-corrected chi connectivity index (χ2v) is 15.2. The van der Waals surface area contributed by atoms with Crippen molar-refractivity contribution < 1.29 is 28.7 Å². The Morgan fingerprint density at radius 3 is 2.16 bits per heavy atom. The van der Waals surface area contributed by atoms with Gasteiger partial charge in [-0.1, -0.05) is 78.6 Å². The molecule has 2 aliphatic rings. The van der Waals surface area contributed by atoms with Crippen LogP contribution < -0.4 is 38.1 Å². The number of nitrogens with zero attached hydrogens (tertiary/aromatic N) is 3. The van der Waals surface area contributed by atoms with Crippen molar-refractivity contribution in [2.45, 2.75) is 154 Å². The van der Waals surface area contributed by atoms with Gasteiger partial charge in [-0.3, -0.25) is 24.0 Å². The van der Waals surface area contributed by atoms with Crippen LogP contribution >= 0.6 is 0 Å². The van der Waals surface area contributed by atoms with E-state index in [-0.39, 0.29) is 38.1 Å². The first-order chi connectivity index (χ1) is 26.4. The first kappa shape index (κ1) is 45.5. The lowest BCUT2D eigenvalue weighted by molar-refractivity contribution is -0.147. The summed E-state index contributed by atoms with van der Waals surface area (Å²) in [4.78, 5) is 80.0. The molecule has 1 saturated carbocycles. The standard InChI is InChI=1S/C39H68N10O6/c1-6-8-9-14-18-32-26(4)39(54)49(5)31(15-7-2)37(52)48-34(27-16-12-10-11-13-17-27)38(53)46-29(21-41)35(50)47-30(36(51)45-25(3)23-55-32)22-42-33-19-28(20-40)43-24-44-33/h19,24-27,29-32,34H,6-18,20-23,40-41H2,1-5H3,(H,45,51)(H,46,53)(H,47,50)(H,48,52)(H,42,43,44)/t25-,26-,29+,30+,31+,32-,34?/m1/s1. The van der Waals surface area contributed by atoms with Crippen LogP contribution in [-0.4, -0.2) is 107 Å². The van der Waals surface area contributed by atoms with Crippen LogP contribution in [-0.2, 0) is 35.3 Å². The van der Waals surface area contributed by atoms with E-state index in [1.54, 1.807) is 20.0 Å². The predicted molar refractivity (Wildman–Crippen MR) is 211 cm³/mol. The third-order valence-corrected chi connectivity index (χ3v) is 10.8. The van der Waals surface area contributed by atoms with Crippen LogP contribution in [0.2, 0.25) is 0 Å². The van der Waals surface area contributed by atoms with Crippen molar-refractivity contribution in [2.75, 3.05) is 32.1 Å². The molecule has 0 spiro atoms. The highest BCUT2D eigenvalue weighted by atomic mass is 16.5. The number of carbonyl (C=O) groups is 5. The Morgan fingerprint density at radius 2 is 1.51 bits per heavy atom. The normalized spacial score (nSPS) is 27.4. The van der Waals surface area contributed by atoms with Crippen LogP contribution in [0.3, 0.4) is 0 Å². The molecule has 5 amide bonds. The van der Waals surface area contributed by atoms with Gasteiger partial charge in [-0.05, 0) is 38.5 Å². The number of likely N-dealkylation sites (N-methyl/N-ethyl adjacent to an activating group) is 1. The Balaban J connectivity index is 2.01. The third-order valence-electron chi connectivity index (χ3n) is 10.8. The van der Waals surface area contributed by atoms with E-state index in [9.17, 15) is 24.0 Å². The summed E-state index contributed by atoms with van der Waals surface area (Å²) in [5.41, 5.74) is 12.4. The van der Waals surface area contributed by atoms with Gasteiger partial charge in [0.05, 0.1) is 24.3 Å². The van der Waals surface area contributed by atoms with Crippen LogP contribution in [0.25, 0.3) is 0 Å². The van der Waals surface area contributed by atoms with Gasteiger partial charge in [-0.15, -0.1) is 0 Å². The van der Waals surface area contributed by atoms with Crippen molar-refractivity contribution in [3.8, 4) is 0 Å². The Morgan fingerprint density at radius 1 is 0.818 bits per heavy atom. The highest BCUT2D eigenvalue weighted by Crippen LogP contribution is 2.27. The van der Waals surface area contributed by atoms with E-state index in [4.69, 9.17) is 16.2 Å². The molecule has 55 heavy (non-hydrogen) atoms. The largest absolute Gasteiger partial charge is 0.375 e. The number of anilines is 1. The third kappa shape index (κ3) is 14.3. The SMILES string of the molecule is CCCCCC[C@H]1OC[C@@H](C)NC(=O)[C@H](CNc2cc(CN)ncn2)NC(=O)[C@H](CN)NC(=O)C(C2CCCCCC2)NC(=O)[C@H](CCC)N(C)C(=O)[C@@H]1C. The van der Waals surface area contributed by atoms with Crippen LogP contribution in [0, 0.1) is 11.8 Å². The van der Waals surface area contributed by atoms with Gasteiger partial charge >= 0.3 is 0 Å². The molecular weight excluding hydrogens is 704 g/mol. The Labute approximate surface area is 327 Å². The van der Waals surface area contributed by atoms with Gasteiger partial charge < -0.3 is 47.7 Å². The van der Waals surface area contributed by atoms with E-state index in [0.717, 1.165) is 64.2 Å². The smallest absolute Gasteiger partial charge is 0.244 e. The van der Waals surface area contributed by atoms with Crippen molar-refractivity contribution in [3.63, 3.8) is 0 Å². The van der Waals surface area contributed by atoms with Gasteiger partial charge in [0.2, 0.25) is 29.5 Å². The highest BCUT2D eigenvalue weighted by Gasteiger charge is 2.38. The fourth-order valence-corrected chi connectivity index (χ4v) is 7.39. The monoisotopic (exact) mass is 773 g/mol. The zero-order valence-corrected chi connectivity index (χ0v) is 33.7. The van der Waals surface area contributed by atoms with Gasteiger partial charge in [0, 0.05) is 38.8 Å². The molecule has 9 N–H and O–H groups in total. The summed E-state index contributed by atoms with van der Waals surface area (Å²) in [5.74, 6) is -2.70. The van der Waals surface area contributed by atoms with E-state index < -0.39 is 65.9 Å². The van der Waals surface area contributed by atoms with E-state index in [1.165, 1.54) is 11.2 Å². The summed E-state index contributed by atoms with van der Waals surface area (Å²) in [6.07, 6.45) is 11.8. The number of amides is 5. The lowest BCUT2D eigenvalue weighted by Crippen LogP contribution is -2.62. The molecule has 3 rings (SSSR count). The average molecular weight is 773 g/mol. The lowest BCUT2D eigenvalue weighted by Gasteiger charge is -2.34. The molecule has 0 aromatic carbocycles. The summed E-state index contributed by atoms with van der Waals surface area (Å²) in [5, 5.41) is 14.6. The molecule has 1 unspecified atom stereocenters. The van der Waals surface area contributed by atoms with E-state index in [0.29, 0.717) is 30.8 Å². The highest BCUT2D eigenvalue weighted by molar-refractivity contribution is 5.96. The van der Waals surface area contributed by atoms with Crippen LogP contribution in [0.1, 0.15) is 117 Å². The quantitative estimate of drug-likeness (QED) is 0.113. The number of ether oxygens (including phenoxy) is 1. The molecule has 2 heterocycles. The van der Waals surface area contributed by atoms with Gasteiger partial charge in [0.1, 0.15) is 36.3 Å². The van der Waals surface area contributed by atoms with Crippen molar-refractivity contribution in [3.05, 3.63) is 18.1 Å². The van der Waals surface area contributed by atoms with E-state index in [2.05, 4.69) is 43.5 Å². The van der Waals surface area contributed by atoms with Crippen molar-refractivity contribution in [1.29, 1.82) is 0 Å². The lowest BCUT2D eigenvalue weighted by atomic mass is 9.90. The Kier molecular flexibility index (Phi) is 19.8. The zero-order chi connectivity index (χ0) is 40.3. The maximum absolute atomic E-state index is 14.2. The minimum absolute atomic E-state index is 0.0606.